The highest BCUT2D eigenvalue weighted by Crippen LogP contribution is 2.55. The summed E-state index contributed by atoms with van der Waals surface area (Å²) in [5.41, 5.74) is 2.50. The number of nitrogens with zero attached hydrogens (tertiary/aromatic N) is 1. The number of anilines is 2. The summed E-state index contributed by atoms with van der Waals surface area (Å²) in [7, 11) is 0. The Kier molecular flexibility index (Phi) is 4.89. The molecular weight excluding hydrogens is 408 g/mol. The molecule has 1 saturated carbocycles. The summed E-state index contributed by atoms with van der Waals surface area (Å²) < 4.78 is 5.07. The highest BCUT2D eigenvalue weighted by molar-refractivity contribution is 6.23. The van der Waals surface area contributed by atoms with E-state index in [1.54, 1.807) is 36.4 Å². The van der Waals surface area contributed by atoms with Crippen molar-refractivity contribution in [3.8, 4) is 0 Å². The number of nitrogens with one attached hydrogen (secondary N) is 1. The van der Waals surface area contributed by atoms with E-state index < -0.39 is 18.5 Å². The van der Waals surface area contributed by atoms with Crippen LogP contribution in [0.2, 0.25) is 0 Å². The summed E-state index contributed by atoms with van der Waals surface area (Å²) in [5, 5.41) is 2.64. The summed E-state index contributed by atoms with van der Waals surface area (Å²) in [6.07, 6.45) is 3.02. The van der Waals surface area contributed by atoms with Crippen LogP contribution in [0.15, 0.2) is 66.2 Å². The van der Waals surface area contributed by atoms with E-state index in [1.807, 2.05) is 13.0 Å². The third-order valence-electron chi connectivity index (χ3n) is 6.63. The number of carbonyl (C=O) groups excluding carboxylic acids is 4. The molecule has 2 aromatic rings. The molecule has 3 aliphatic rings. The number of esters is 1. The highest BCUT2D eigenvalue weighted by Gasteiger charge is 2.60. The van der Waals surface area contributed by atoms with Crippen molar-refractivity contribution in [3.05, 3.63) is 71.8 Å². The number of hydrogen-bond acceptors (Lipinski definition) is 5. The fraction of sp³-hybridized carbons (Fsp3) is 0.280. The third kappa shape index (κ3) is 3.30. The molecular formula is C25H22N2O5. The maximum Gasteiger partial charge on any atom is 0.338 e. The van der Waals surface area contributed by atoms with Crippen molar-refractivity contribution >= 4 is 35.1 Å². The van der Waals surface area contributed by atoms with Crippen LogP contribution in [0, 0.1) is 23.7 Å². The van der Waals surface area contributed by atoms with Gasteiger partial charge >= 0.3 is 5.97 Å². The SMILES string of the molecule is CC1=C[C@H]2C[C@H]1[C@@H]1C(=O)N(c3ccc(C(=O)OCC(=O)Nc4ccccc4)cc3)C(=O)[C@@H]12. The molecule has 0 spiro atoms. The van der Waals surface area contributed by atoms with Crippen molar-refractivity contribution in [2.24, 2.45) is 23.7 Å². The van der Waals surface area contributed by atoms with Gasteiger partial charge in [0.1, 0.15) is 0 Å². The van der Waals surface area contributed by atoms with E-state index in [9.17, 15) is 19.2 Å². The molecule has 0 radical (unpaired) electrons. The zero-order chi connectivity index (χ0) is 22.4. The van der Waals surface area contributed by atoms with Gasteiger partial charge in [-0.1, -0.05) is 29.8 Å². The first-order valence-corrected chi connectivity index (χ1v) is 10.6. The van der Waals surface area contributed by atoms with Crippen LogP contribution in [0.5, 0.6) is 0 Å². The second-order valence-electron chi connectivity index (χ2n) is 8.52. The van der Waals surface area contributed by atoms with Crippen LogP contribution < -0.4 is 10.2 Å². The van der Waals surface area contributed by atoms with Gasteiger partial charge in [0.15, 0.2) is 6.61 Å². The maximum atomic E-state index is 13.0. The van der Waals surface area contributed by atoms with Gasteiger partial charge in [-0.2, -0.15) is 0 Å². The minimum atomic E-state index is -0.659. The molecule has 0 unspecified atom stereocenters. The van der Waals surface area contributed by atoms with Gasteiger partial charge in [-0.15, -0.1) is 0 Å². The minimum Gasteiger partial charge on any atom is -0.452 e. The summed E-state index contributed by atoms with van der Waals surface area (Å²) in [6, 6.07) is 15.0. The van der Waals surface area contributed by atoms with Crippen LogP contribution in [-0.2, 0) is 19.1 Å². The first-order chi connectivity index (χ1) is 15.4. The number of amides is 3. The molecule has 7 nitrogen and oxygen atoms in total. The van der Waals surface area contributed by atoms with Crippen molar-refractivity contribution in [2.45, 2.75) is 13.3 Å². The smallest absolute Gasteiger partial charge is 0.338 e. The van der Waals surface area contributed by atoms with Crippen molar-refractivity contribution in [1.29, 1.82) is 0 Å². The van der Waals surface area contributed by atoms with Crippen molar-refractivity contribution < 1.29 is 23.9 Å². The highest BCUT2D eigenvalue weighted by atomic mass is 16.5. The maximum absolute atomic E-state index is 13.0. The number of benzene rings is 2. The van der Waals surface area contributed by atoms with Gasteiger partial charge < -0.3 is 10.1 Å². The van der Waals surface area contributed by atoms with E-state index in [4.69, 9.17) is 4.74 Å². The molecule has 5 rings (SSSR count). The number of hydrogen-bond donors (Lipinski definition) is 1. The molecule has 162 valence electrons. The zero-order valence-corrected chi connectivity index (χ0v) is 17.5. The Labute approximate surface area is 185 Å². The van der Waals surface area contributed by atoms with E-state index >= 15 is 0 Å². The molecule has 7 heteroatoms. The van der Waals surface area contributed by atoms with Gasteiger partial charge in [-0.05, 0) is 61.6 Å². The summed E-state index contributed by atoms with van der Waals surface area (Å²) >= 11 is 0. The lowest BCUT2D eigenvalue weighted by Gasteiger charge is -2.19. The number of para-hydroxylation sites is 1. The predicted octanol–water partition coefficient (Wildman–Crippen LogP) is 3.18. The standard InChI is InChI=1S/C25H22N2O5/c1-14-11-16-12-19(14)22-21(16)23(29)27(24(22)30)18-9-7-15(8-10-18)25(31)32-13-20(28)26-17-5-3-2-4-6-17/h2-11,16,19,21-22H,12-13H2,1H3,(H,26,28)/t16-,19+,21+,22-/m0/s1. The van der Waals surface area contributed by atoms with Crippen LogP contribution in [-0.4, -0.2) is 30.3 Å². The summed E-state index contributed by atoms with van der Waals surface area (Å²) in [5.74, 6) is -1.68. The first-order valence-electron chi connectivity index (χ1n) is 10.6. The Hall–Kier alpha value is -3.74. The monoisotopic (exact) mass is 430 g/mol. The number of rotatable bonds is 5. The lowest BCUT2D eigenvalue weighted by Crippen LogP contribution is -2.33. The van der Waals surface area contributed by atoms with Crippen LogP contribution in [0.1, 0.15) is 23.7 Å². The Balaban J connectivity index is 1.22. The largest absolute Gasteiger partial charge is 0.452 e. The van der Waals surface area contributed by atoms with Gasteiger partial charge in [0.2, 0.25) is 11.8 Å². The summed E-state index contributed by atoms with van der Waals surface area (Å²) in [6.45, 7) is 1.61. The fourth-order valence-electron chi connectivity index (χ4n) is 5.21. The fourth-order valence-corrected chi connectivity index (χ4v) is 5.21. The van der Waals surface area contributed by atoms with Gasteiger partial charge in [0, 0.05) is 5.69 Å². The Morgan fingerprint density at radius 2 is 1.69 bits per heavy atom. The normalized spacial score (nSPS) is 25.5. The average Bonchev–Trinajstić information content (AvgIpc) is 3.43. The molecule has 0 aromatic heterocycles. The number of ether oxygens (including phenoxy) is 1. The van der Waals surface area contributed by atoms with Crippen LogP contribution in [0.4, 0.5) is 11.4 Å². The lowest BCUT2D eigenvalue weighted by atomic mass is 9.82. The molecule has 1 aliphatic heterocycles. The Bertz CT molecular complexity index is 1140. The molecule has 2 aromatic carbocycles. The zero-order valence-electron chi connectivity index (χ0n) is 17.5. The number of carbonyl (C=O) groups is 4. The molecule has 32 heavy (non-hydrogen) atoms. The molecule has 3 amide bonds. The summed E-state index contributed by atoms with van der Waals surface area (Å²) in [4.78, 5) is 51.5. The van der Waals surface area contributed by atoms with Crippen molar-refractivity contribution in [1.82, 2.24) is 0 Å². The lowest BCUT2D eigenvalue weighted by molar-refractivity contribution is -0.123. The molecule has 2 aliphatic carbocycles. The third-order valence-corrected chi connectivity index (χ3v) is 6.63. The van der Waals surface area contributed by atoms with Crippen molar-refractivity contribution in [3.63, 3.8) is 0 Å². The van der Waals surface area contributed by atoms with E-state index in [-0.39, 0.29) is 41.0 Å². The second-order valence-corrected chi connectivity index (χ2v) is 8.52. The van der Waals surface area contributed by atoms with Gasteiger partial charge in [-0.3, -0.25) is 19.3 Å². The molecule has 2 bridgehead atoms. The molecule has 2 fully saturated rings. The van der Waals surface area contributed by atoms with Crippen LogP contribution in [0.3, 0.4) is 0 Å². The minimum absolute atomic E-state index is 0.141. The van der Waals surface area contributed by atoms with Crippen LogP contribution >= 0.6 is 0 Å². The first kappa shape index (κ1) is 20.2. The van der Waals surface area contributed by atoms with Gasteiger partial charge in [-0.25, -0.2) is 4.79 Å². The molecule has 1 N–H and O–H groups in total. The van der Waals surface area contributed by atoms with Gasteiger partial charge in [0.05, 0.1) is 23.1 Å². The number of allylic oxidation sites excluding steroid dienone is 2. The van der Waals surface area contributed by atoms with Crippen LogP contribution in [0.25, 0.3) is 0 Å². The van der Waals surface area contributed by atoms with E-state index in [0.717, 1.165) is 6.42 Å². The van der Waals surface area contributed by atoms with E-state index in [0.29, 0.717) is 11.4 Å². The predicted molar refractivity (Wildman–Crippen MR) is 117 cm³/mol. The molecule has 1 heterocycles. The molecule has 4 atom stereocenters. The van der Waals surface area contributed by atoms with E-state index in [2.05, 4.69) is 11.4 Å². The topological polar surface area (TPSA) is 92.8 Å². The number of imide groups is 1. The Morgan fingerprint density at radius 3 is 2.41 bits per heavy atom. The van der Waals surface area contributed by atoms with Gasteiger partial charge in [0.25, 0.3) is 5.91 Å². The quantitative estimate of drug-likeness (QED) is 0.447. The van der Waals surface area contributed by atoms with E-state index in [1.165, 1.54) is 22.6 Å². The second kappa shape index (κ2) is 7.75. The average molecular weight is 430 g/mol. The Morgan fingerprint density at radius 1 is 1.00 bits per heavy atom. The molecule has 1 saturated heterocycles. The van der Waals surface area contributed by atoms with Crippen molar-refractivity contribution in [2.75, 3.05) is 16.8 Å². The number of fused-ring (bicyclic) bond motifs is 5.